The summed E-state index contributed by atoms with van der Waals surface area (Å²) in [5.41, 5.74) is 1.27. The summed E-state index contributed by atoms with van der Waals surface area (Å²) in [6, 6.07) is 8.41. The molecule has 0 saturated heterocycles. The van der Waals surface area contributed by atoms with E-state index in [2.05, 4.69) is 46.6 Å². The van der Waals surface area contributed by atoms with Gasteiger partial charge in [-0.3, -0.25) is 0 Å². The average Bonchev–Trinajstić information content (AvgIpc) is 2.82. The van der Waals surface area contributed by atoms with Crippen LogP contribution in [0.1, 0.15) is 17.3 Å². The molecule has 5 heteroatoms. The van der Waals surface area contributed by atoms with Crippen LogP contribution in [0.5, 0.6) is 0 Å². The molecule has 0 spiro atoms. The molecule has 1 aromatic carbocycles. The van der Waals surface area contributed by atoms with Gasteiger partial charge in [-0.2, -0.15) is 4.98 Å². The number of nitrogens with one attached hydrogen (secondary N) is 1. The molecular weight excluding hydrogens is 246 g/mol. The molecule has 0 aliphatic heterocycles. The minimum absolute atomic E-state index is 0.698. The van der Waals surface area contributed by atoms with E-state index in [4.69, 9.17) is 4.52 Å². The Balaban J connectivity index is 1.88. The molecule has 0 radical (unpaired) electrons. The highest BCUT2D eigenvalue weighted by Crippen LogP contribution is 2.22. The second kappa shape index (κ2) is 6.56. The molecule has 1 heterocycles. The maximum atomic E-state index is 5.16. The van der Waals surface area contributed by atoms with Gasteiger partial charge in [-0.05, 0) is 26.1 Å². The number of thioether (sulfide) groups is 1. The zero-order valence-corrected chi connectivity index (χ0v) is 11.5. The fourth-order valence-electron chi connectivity index (χ4n) is 1.54. The van der Waals surface area contributed by atoms with E-state index < -0.39 is 0 Å². The second-order valence-corrected chi connectivity index (χ2v) is 5.11. The quantitative estimate of drug-likeness (QED) is 0.811. The van der Waals surface area contributed by atoms with Crippen LogP contribution < -0.4 is 5.32 Å². The normalized spacial score (nSPS) is 10.8. The molecule has 0 fully saturated rings. The van der Waals surface area contributed by atoms with Crippen molar-refractivity contribution in [3.63, 3.8) is 0 Å². The largest absolute Gasteiger partial charge is 0.339 e. The fourth-order valence-corrected chi connectivity index (χ4v) is 2.39. The Morgan fingerprint density at radius 1 is 1.39 bits per heavy atom. The smallest absolute Gasteiger partial charge is 0.227 e. The van der Waals surface area contributed by atoms with Crippen molar-refractivity contribution in [1.29, 1.82) is 0 Å². The van der Waals surface area contributed by atoms with Crippen LogP contribution in [-0.4, -0.2) is 23.7 Å². The van der Waals surface area contributed by atoms with E-state index in [0.29, 0.717) is 5.89 Å². The van der Waals surface area contributed by atoms with Crippen molar-refractivity contribution < 1.29 is 4.52 Å². The first-order chi connectivity index (χ1) is 8.78. The Kier molecular flexibility index (Phi) is 4.78. The molecule has 2 aromatic rings. The van der Waals surface area contributed by atoms with Crippen LogP contribution in [0.4, 0.5) is 0 Å². The molecular formula is C13H17N3OS. The number of nitrogens with zero attached hydrogens (tertiary/aromatic N) is 2. The minimum atomic E-state index is 0.698. The molecule has 18 heavy (non-hydrogen) atoms. The maximum Gasteiger partial charge on any atom is 0.227 e. The fraction of sp³-hybridized carbons (Fsp3) is 0.385. The van der Waals surface area contributed by atoms with E-state index in [-0.39, 0.29) is 0 Å². The van der Waals surface area contributed by atoms with Gasteiger partial charge in [-0.25, -0.2) is 0 Å². The van der Waals surface area contributed by atoms with Gasteiger partial charge in [0.2, 0.25) is 5.89 Å². The molecule has 0 aliphatic carbocycles. The third-order valence-corrected chi connectivity index (χ3v) is 3.45. The van der Waals surface area contributed by atoms with E-state index in [1.165, 1.54) is 10.5 Å². The maximum absolute atomic E-state index is 5.16. The summed E-state index contributed by atoms with van der Waals surface area (Å²) in [6.45, 7) is 2.95. The molecule has 0 aliphatic rings. The molecule has 0 atom stereocenters. The van der Waals surface area contributed by atoms with Crippen molar-refractivity contribution in [3.8, 4) is 0 Å². The second-order valence-electron chi connectivity index (χ2n) is 4.06. The van der Waals surface area contributed by atoms with E-state index in [1.807, 2.05) is 7.05 Å². The SMILES string of the molecule is CNCCc1nc(CSc2cccc(C)c2)no1. The number of rotatable bonds is 6. The number of aromatic nitrogens is 2. The van der Waals surface area contributed by atoms with E-state index in [0.717, 1.165) is 24.5 Å². The van der Waals surface area contributed by atoms with Crippen molar-refractivity contribution in [1.82, 2.24) is 15.5 Å². The highest BCUT2D eigenvalue weighted by molar-refractivity contribution is 7.98. The average molecular weight is 263 g/mol. The standard InChI is InChI=1S/C13H17N3OS/c1-10-4-3-5-11(8-10)18-9-12-15-13(17-16-12)6-7-14-2/h3-5,8,14H,6-7,9H2,1-2H3. The van der Waals surface area contributed by atoms with Crippen molar-refractivity contribution in [2.75, 3.05) is 13.6 Å². The number of hydrogen-bond donors (Lipinski definition) is 1. The van der Waals surface area contributed by atoms with Gasteiger partial charge in [0.05, 0.1) is 5.75 Å². The van der Waals surface area contributed by atoms with Crippen LogP contribution >= 0.6 is 11.8 Å². The monoisotopic (exact) mass is 263 g/mol. The Hall–Kier alpha value is -1.33. The topological polar surface area (TPSA) is 51.0 Å². The van der Waals surface area contributed by atoms with Crippen molar-refractivity contribution in [3.05, 3.63) is 41.5 Å². The molecule has 4 nitrogen and oxygen atoms in total. The highest BCUT2D eigenvalue weighted by atomic mass is 32.2. The first-order valence-corrected chi connectivity index (χ1v) is 6.92. The summed E-state index contributed by atoms with van der Waals surface area (Å²) >= 11 is 1.72. The number of likely N-dealkylation sites (N-methyl/N-ethyl adjacent to an activating group) is 1. The van der Waals surface area contributed by atoms with Crippen molar-refractivity contribution in [2.24, 2.45) is 0 Å². The van der Waals surface area contributed by atoms with Gasteiger partial charge < -0.3 is 9.84 Å². The number of hydrogen-bond acceptors (Lipinski definition) is 5. The van der Waals surface area contributed by atoms with Crippen molar-refractivity contribution in [2.45, 2.75) is 24.0 Å². The minimum Gasteiger partial charge on any atom is -0.339 e. The van der Waals surface area contributed by atoms with Crippen LogP contribution in [0, 0.1) is 6.92 Å². The predicted molar refractivity (Wildman–Crippen MR) is 72.7 cm³/mol. The number of aryl methyl sites for hydroxylation is 1. The van der Waals surface area contributed by atoms with Gasteiger partial charge >= 0.3 is 0 Å². The third kappa shape index (κ3) is 3.85. The van der Waals surface area contributed by atoms with Gasteiger partial charge in [0, 0.05) is 17.9 Å². The lowest BCUT2D eigenvalue weighted by molar-refractivity contribution is 0.373. The van der Waals surface area contributed by atoms with E-state index >= 15 is 0 Å². The third-order valence-electron chi connectivity index (χ3n) is 2.46. The molecule has 0 unspecified atom stereocenters. The zero-order chi connectivity index (χ0) is 12.8. The van der Waals surface area contributed by atoms with E-state index in [9.17, 15) is 0 Å². The predicted octanol–water partition coefficient (Wildman–Crippen LogP) is 2.43. The summed E-state index contributed by atoms with van der Waals surface area (Å²) in [7, 11) is 1.91. The van der Waals surface area contributed by atoms with Gasteiger partial charge in [0.1, 0.15) is 0 Å². The van der Waals surface area contributed by atoms with Gasteiger partial charge in [-0.1, -0.05) is 22.9 Å². The summed E-state index contributed by atoms with van der Waals surface area (Å²) in [5.74, 6) is 2.20. The number of benzene rings is 1. The van der Waals surface area contributed by atoms with Gasteiger partial charge in [0.15, 0.2) is 5.82 Å². The zero-order valence-electron chi connectivity index (χ0n) is 10.6. The molecule has 0 saturated carbocycles. The molecule has 1 aromatic heterocycles. The van der Waals surface area contributed by atoms with Gasteiger partial charge in [0.25, 0.3) is 0 Å². The van der Waals surface area contributed by atoms with E-state index in [1.54, 1.807) is 11.8 Å². The molecule has 1 N–H and O–H groups in total. The Morgan fingerprint density at radius 3 is 3.06 bits per heavy atom. The first-order valence-electron chi connectivity index (χ1n) is 5.93. The first kappa shape index (κ1) is 13.1. The molecule has 96 valence electrons. The summed E-state index contributed by atoms with van der Waals surface area (Å²) in [4.78, 5) is 5.58. The summed E-state index contributed by atoms with van der Waals surface area (Å²) in [6.07, 6.45) is 0.776. The molecule has 2 rings (SSSR count). The van der Waals surface area contributed by atoms with Crippen LogP contribution in [0.15, 0.2) is 33.7 Å². The summed E-state index contributed by atoms with van der Waals surface area (Å²) in [5, 5.41) is 7.03. The van der Waals surface area contributed by atoms with Crippen molar-refractivity contribution >= 4 is 11.8 Å². The highest BCUT2D eigenvalue weighted by Gasteiger charge is 2.06. The van der Waals surface area contributed by atoms with Crippen LogP contribution in [0.25, 0.3) is 0 Å². The lowest BCUT2D eigenvalue weighted by Gasteiger charge is -1.99. The Bertz CT molecular complexity index is 498. The summed E-state index contributed by atoms with van der Waals surface area (Å²) < 4.78 is 5.16. The van der Waals surface area contributed by atoms with Crippen LogP contribution in [-0.2, 0) is 12.2 Å². The lowest BCUT2D eigenvalue weighted by Crippen LogP contribution is -2.10. The molecule has 0 amide bonds. The molecule has 0 bridgehead atoms. The van der Waals surface area contributed by atoms with Crippen LogP contribution in [0.3, 0.4) is 0 Å². The Morgan fingerprint density at radius 2 is 2.28 bits per heavy atom. The van der Waals surface area contributed by atoms with Crippen LogP contribution in [0.2, 0.25) is 0 Å². The lowest BCUT2D eigenvalue weighted by atomic mass is 10.2. The van der Waals surface area contributed by atoms with Gasteiger partial charge in [-0.15, -0.1) is 11.8 Å². The Labute approximate surface area is 111 Å².